The lowest BCUT2D eigenvalue weighted by Gasteiger charge is -2.21. The molecule has 1 amide bonds. The summed E-state index contributed by atoms with van der Waals surface area (Å²) in [6.45, 7) is 3.72. The Morgan fingerprint density at radius 1 is 1.10 bits per heavy atom. The molecule has 1 heterocycles. The van der Waals surface area contributed by atoms with Crippen molar-refractivity contribution in [2.75, 3.05) is 21.3 Å². The third-order valence-corrected chi connectivity index (χ3v) is 7.02. The quantitative estimate of drug-likeness (QED) is 0.586. The number of benzene rings is 1. The molecular formula is C19H26N2O6S2. The molecule has 0 bridgehead atoms. The maximum Gasteiger partial charge on any atom is 0.250 e. The SMILES string of the molecule is COc1cc(CNC(=O)[C@@H](NS(=O)(=O)c2cccs2)C(C)C)cc(OC)c1OC. The number of carbonyl (C=O) groups excluding carboxylic acids is 1. The fraction of sp³-hybridized carbons (Fsp3) is 0.421. The van der Waals surface area contributed by atoms with Gasteiger partial charge >= 0.3 is 0 Å². The molecule has 1 aromatic heterocycles. The van der Waals surface area contributed by atoms with Crippen LogP contribution in [-0.2, 0) is 21.4 Å². The molecular weight excluding hydrogens is 416 g/mol. The number of carbonyl (C=O) groups is 1. The molecule has 2 rings (SSSR count). The highest BCUT2D eigenvalue weighted by atomic mass is 32.2. The minimum atomic E-state index is -3.77. The van der Waals surface area contributed by atoms with E-state index in [4.69, 9.17) is 14.2 Å². The number of hydrogen-bond donors (Lipinski definition) is 2. The Labute approximate surface area is 175 Å². The second-order valence-electron chi connectivity index (χ2n) is 6.53. The Morgan fingerprint density at radius 3 is 2.17 bits per heavy atom. The molecule has 2 N–H and O–H groups in total. The van der Waals surface area contributed by atoms with Crippen LogP contribution in [0, 0.1) is 5.92 Å². The number of thiophene rings is 1. The summed E-state index contributed by atoms with van der Waals surface area (Å²) in [7, 11) is 0.756. The molecule has 0 saturated heterocycles. The summed E-state index contributed by atoms with van der Waals surface area (Å²) >= 11 is 1.10. The molecule has 0 saturated carbocycles. The normalized spacial score (nSPS) is 12.5. The zero-order valence-corrected chi connectivity index (χ0v) is 18.6. The van der Waals surface area contributed by atoms with E-state index in [0.717, 1.165) is 16.9 Å². The highest BCUT2D eigenvalue weighted by Gasteiger charge is 2.28. The van der Waals surface area contributed by atoms with Gasteiger partial charge in [0.05, 0.1) is 21.3 Å². The predicted molar refractivity (Wildman–Crippen MR) is 111 cm³/mol. The zero-order chi connectivity index (χ0) is 21.6. The van der Waals surface area contributed by atoms with Crippen molar-refractivity contribution in [3.05, 3.63) is 35.2 Å². The number of hydrogen-bond acceptors (Lipinski definition) is 7. The number of rotatable bonds is 10. The third kappa shape index (κ3) is 5.62. The number of nitrogens with one attached hydrogen (secondary N) is 2. The maximum atomic E-state index is 12.7. The molecule has 8 nitrogen and oxygen atoms in total. The monoisotopic (exact) mass is 442 g/mol. The van der Waals surface area contributed by atoms with Crippen LogP contribution in [0.15, 0.2) is 33.9 Å². The zero-order valence-electron chi connectivity index (χ0n) is 17.0. The van der Waals surface area contributed by atoms with Crippen LogP contribution in [0.25, 0.3) is 0 Å². The van der Waals surface area contributed by atoms with E-state index < -0.39 is 22.0 Å². The van der Waals surface area contributed by atoms with Crippen molar-refractivity contribution >= 4 is 27.3 Å². The average Bonchev–Trinajstić information content (AvgIpc) is 3.25. The molecule has 0 unspecified atom stereocenters. The summed E-state index contributed by atoms with van der Waals surface area (Å²) in [5, 5.41) is 4.44. The standard InChI is InChI=1S/C19H26N2O6S2/c1-12(2)17(21-29(23,24)16-7-6-8-28-16)19(22)20-11-13-9-14(25-3)18(27-5)15(10-13)26-4/h6-10,12,17,21H,11H2,1-5H3,(H,20,22)/t17-/m0/s1. The topological polar surface area (TPSA) is 103 Å². The minimum absolute atomic E-state index is 0.166. The molecule has 29 heavy (non-hydrogen) atoms. The first-order chi connectivity index (χ1) is 13.7. The van der Waals surface area contributed by atoms with Gasteiger partial charge in [0.25, 0.3) is 10.0 Å². The van der Waals surface area contributed by atoms with Gasteiger partial charge in [0.15, 0.2) is 11.5 Å². The van der Waals surface area contributed by atoms with E-state index in [0.29, 0.717) is 17.2 Å². The van der Waals surface area contributed by atoms with E-state index in [1.165, 1.54) is 27.4 Å². The molecule has 10 heteroatoms. The van der Waals surface area contributed by atoms with E-state index in [1.54, 1.807) is 37.4 Å². The van der Waals surface area contributed by atoms with Crippen LogP contribution in [0.4, 0.5) is 0 Å². The molecule has 0 fully saturated rings. The number of amides is 1. The molecule has 1 aromatic carbocycles. The predicted octanol–water partition coefficient (Wildman–Crippen LogP) is 2.39. The van der Waals surface area contributed by atoms with Crippen LogP contribution >= 0.6 is 11.3 Å². The second kappa shape index (κ2) is 9.95. The lowest BCUT2D eigenvalue weighted by molar-refractivity contribution is -0.123. The Morgan fingerprint density at radius 2 is 1.72 bits per heavy atom. The van der Waals surface area contributed by atoms with Gasteiger partial charge in [0, 0.05) is 6.54 Å². The van der Waals surface area contributed by atoms with Crippen LogP contribution in [0.5, 0.6) is 17.2 Å². The first-order valence-electron chi connectivity index (χ1n) is 8.86. The summed E-state index contributed by atoms with van der Waals surface area (Å²) in [4.78, 5) is 12.7. The number of methoxy groups -OCH3 is 3. The molecule has 0 radical (unpaired) electrons. The number of sulfonamides is 1. The first kappa shape index (κ1) is 23.0. The molecule has 1 atom stereocenters. The van der Waals surface area contributed by atoms with Gasteiger partial charge in [-0.3, -0.25) is 4.79 Å². The van der Waals surface area contributed by atoms with Crippen molar-refractivity contribution in [3.8, 4) is 17.2 Å². The van der Waals surface area contributed by atoms with Crippen molar-refractivity contribution in [2.24, 2.45) is 5.92 Å². The van der Waals surface area contributed by atoms with Crippen molar-refractivity contribution < 1.29 is 27.4 Å². The van der Waals surface area contributed by atoms with Gasteiger partial charge < -0.3 is 19.5 Å². The second-order valence-corrected chi connectivity index (χ2v) is 9.41. The highest BCUT2D eigenvalue weighted by Crippen LogP contribution is 2.38. The fourth-order valence-electron chi connectivity index (χ4n) is 2.67. The van der Waals surface area contributed by atoms with Gasteiger partial charge in [0.1, 0.15) is 10.3 Å². The van der Waals surface area contributed by atoms with Crippen molar-refractivity contribution in [3.63, 3.8) is 0 Å². The van der Waals surface area contributed by atoms with Gasteiger partial charge in [-0.05, 0) is 35.1 Å². The van der Waals surface area contributed by atoms with Crippen molar-refractivity contribution in [2.45, 2.75) is 30.6 Å². The molecule has 0 aliphatic carbocycles. The van der Waals surface area contributed by atoms with E-state index in [1.807, 2.05) is 0 Å². The molecule has 0 aliphatic rings. The highest BCUT2D eigenvalue weighted by molar-refractivity contribution is 7.91. The summed E-state index contributed by atoms with van der Waals surface area (Å²) in [6, 6.07) is 5.68. The van der Waals surface area contributed by atoms with E-state index in [-0.39, 0.29) is 16.7 Å². The van der Waals surface area contributed by atoms with Crippen LogP contribution in [0.3, 0.4) is 0 Å². The van der Waals surface area contributed by atoms with Gasteiger partial charge in [0.2, 0.25) is 11.7 Å². The Hall–Kier alpha value is -2.30. The fourth-order valence-corrected chi connectivity index (χ4v) is 5.02. The molecule has 2 aromatic rings. The van der Waals surface area contributed by atoms with Gasteiger partial charge in [-0.25, -0.2) is 8.42 Å². The average molecular weight is 443 g/mol. The first-order valence-corrected chi connectivity index (χ1v) is 11.2. The van der Waals surface area contributed by atoms with Gasteiger partial charge in [-0.2, -0.15) is 4.72 Å². The summed E-state index contributed by atoms with van der Waals surface area (Å²) in [6.07, 6.45) is 0. The molecule has 0 aliphatic heterocycles. The smallest absolute Gasteiger partial charge is 0.250 e. The van der Waals surface area contributed by atoms with E-state index in [9.17, 15) is 13.2 Å². The maximum absolute atomic E-state index is 12.7. The van der Waals surface area contributed by atoms with Crippen LogP contribution in [0.2, 0.25) is 0 Å². The molecule has 160 valence electrons. The van der Waals surface area contributed by atoms with Gasteiger partial charge in [-0.15, -0.1) is 11.3 Å². The summed E-state index contributed by atoms with van der Waals surface area (Å²) in [5.41, 5.74) is 0.719. The van der Waals surface area contributed by atoms with E-state index in [2.05, 4.69) is 10.0 Å². The summed E-state index contributed by atoms with van der Waals surface area (Å²) in [5.74, 6) is 0.720. The van der Waals surface area contributed by atoms with Crippen molar-refractivity contribution in [1.82, 2.24) is 10.0 Å². The summed E-state index contributed by atoms with van der Waals surface area (Å²) < 4.78 is 43.6. The minimum Gasteiger partial charge on any atom is -0.493 e. The largest absolute Gasteiger partial charge is 0.493 e. The van der Waals surface area contributed by atoms with Crippen LogP contribution in [-0.4, -0.2) is 41.7 Å². The Bertz CT molecular complexity index is 901. The van der Waals surface area contributed by atoms with Crippen LogP contribution in [0.1, 0.15) is 19.4 Å². The van der Waals surface area contributed by atoms with Gasteiger partial charge in [-0.1, -0.05) is 19.9 Å². The van der Waals surface area contributed by atoms with Crippen LogP contribution < -0.4 is 24.2 Å². The third-order valence-electron chi connectivity index (χ3n) is 4.18. The van der Waals surface area contributed by atoms with E-state index >= 15 is 0 Å². The Kier molecular flexibility index (Phi) is 7.88. The number of ether oxygens (including phenoxy) is 3. The lowest BCUT2D eigenvalue weighted by Crippen LogP contribution is -2.49. The lowest BCUT2D eigenvalue weighted by atomic mass is 10.0. The molecule has 0 spiro atoms. The Balaban J connectivity index is 2.15. The van der Waals surface area contributed by atoms with Crippen molar-refractivity contribution in [1.29, 1.82) is 0 Å².